The van der Waals surface area contributed by atoms with Gasteiger partial charge in [-0.1, -0.05) is 24.3 Å². The third kappa shape index (κ3) is 2.30. The van der Waals surface area contributed by atoms with Crippen LogP contribution in [0, 0.1) is 0 Å². The van der Waals surface area contributed by atoms with Crippen LogP contribution in [0.15, 0.2) is 36.4 Å². The summed E-state index contributed by atoms with van der Waals surface area (Å²) in [5.74, 6) is 0.393. The molecule has 2 unspecified atom stereocenters. The van der Waals surface area contributed by atoms with Crippen molar-refractivity contribution in [3.8, 4) is 0 Å². The van der Waals surface area contributed by atoms with Crippen molar-refractivity contribution in [3.63, 3.8) is 0 Å². The third-order valence-corrected chi connectivity index (χ3v) is 3.56. The largest absolute Gasteiger partial charge is 0.598 e. The van der Waals surface area contributed by atoms with E-state index in [9.17, 15) is 4.55 Å². The van der Waals surface area contributed by atoms with Crippen LogP contribution in [0.1, 0.15) is 17.2 Å². The summed E-state index contributed by atoms with van der Waals surface area (Å²) >= 11 is -1.30. The minimum atomic E-state index is -1.30. The van der Waals surface area contributed by atoms with Gasteiger partial charge in [-0.15, -0.1) is 0 Å². The maximum atomic E-state index is 11.1. The number of fused-ring (bicyclic) bond motifs is 1. The van der Waals surface area contributed by atoms with Crippen molar-refractivity contribution in [1.82, 2.24) is 0 Å². The number of hydrogen-bond acceptors (Lipinski definition) is 3. The molecule has 4 heteroatoms. The molecule has 1 fully saturated rings. The van der Waals surface area contributed by atoms with Crippen molar-refractivity contribution in [1.29, 1.82) is 0 Å². The van der Waals surface area contributed by atoms with Crippen molar-refractivity contribution < 1.29 is 9.29 Å². The lowest BCUT2D eigenvalue weighted by molar-refractivity contribution is 0.417. The van der Waals surface area contributed by atoms with Gasteiger partial charge >= 0.3 is 0 Å². The third-order valence-electron chi connectivity index (χ3n) is 2.94. The fourth-order valence-electron chi connectivity index (χ4n) is 2.15. The predicted molar refractivity (Wildman–Crippen MR) is 68.7 cm³/mol. The van der Waals surface area contributed by atoms with E-state index in [1.165, 1.54) is 10.9 Å². The highest BCUT2D eigenvalue weighted by Gasteiger charge is 2.27. The number of hydrogen-bond donors (Lipinski definition) is 1. The lowest BCUT2D eigenvalue weighted by Gasteiger charge is -2.09. The summed E-state index contributed by atoms with van der Waals surface area (Å²) in [7, 11) is 0. The SMILES string of the molecule is N[S+]([O-])Cc1cc(C2CO2)c2ccccc2c1. The van der Waals surface area contributed by atoms with Gasteiger partial charge in [-0.25, -0.2) is 0 Å². The van der Waals surface area contributed by atoms with Gasteiger partial charge in [0.25, 0.3) is 0 Å². The monoisotopic (exact) mass is 247 g/mol. The van der Waals surface area contributed by atoms with Gasteiger partial charge in [0.15, 0.2) is 0 Å². The zero-order valence-corrected chi connectivity index (χ0v) is 10.1. The van der Waals surface area contributed by atoms with Gasteiger partial charge in [-0.3, -0.25) is 0 Å². The molecule has 1 saturated heterocycles. The normalized spacial score (nSPS) is 20.5. The van der Waals surface area contributed by atoms with Gasteiger partial charge in [0, 0.05) is 16.9 Å². The van der Waals surface area contributed by atoms with Gasteiger partial charge in [0.05, 0.1) is 6.61 Å². The van der Waals surface area contributed by atoms with Crippen LogP contribution in [-0.2, 0) is 21.9 Å². The molecule has 2 atom stereocenters. The van der Waals surface area contributed by atoms with Crippen molar-refractivity contribution in [2.24, 2.45) is 5.14 Å². The molecule has 2 aromatic carbocycles. The molecule has 0 bridgehead atoms. The molecule has 3 nitrogen and oxygen atoms in total. The minimum absolute atomic E-state index is 0.200. The molecule has 0 aliphatic carbocycles. The average Bonchev–Trinajstić information content (AvgIpc) is 3.11. The van der Waals surface area contributed by atoms with E-state index in [0.717, 1.165) is 17.6 Å². The van der Waals surface area contributed by atoms with E-state index >= 15 is 0 Å². The molecule has 1 aliphatic heterocycles. The Balaban J connectivity index is 2.13. The van der Waals surface area contributed by atoms with E-state index in [2.05, 4.69) is 18.2 Å². The first-order chi connectivity index (χ1) is 8.24. The quantitative estimate of drug-likeness (QED) is 0.667. The molecular formula is C13H13NO2S. The van der Waals surface area contributed by atoms with Gasteiger partial charge in [-0.2, -0.15) is 5.14 Å². The first-order valence-corrected chi connectivity index (χ1v) is 6.88. The maximum Gasteiger partial charge on any atom is 0.150 e. The van der Waals surface area contributed by atoms with Crippen molar-refractivity contribution in [3.05, 3.63) is 47.5 Å². The fraction of sp³-hybridized carbons (Fsp3) is 0.231. The topological polar surface area (TPSA) is 61.6 Å². The lowest BCUT2D eigenvalue weighted by atomic mass is 9.99. The van der Waals surface area contributed by atoms with E-state index in [1.807, 2.05) is 18.2 Å². The van der Waals surface area contributed by atoms with E-state index < -0.39 is 11.4 Å². The van der Waals surface area contributed by atoms with Gasteiger partial charge in [0.2, 0.25) is 0 Å². The standard InChI is InChI=1S/C13H13NO2S/c14-17(15)8-9-5-10-3-1-2-4-11(10)12(6-9)13-7-16-13/h1-6,13H,7-8,14H2. The first-order valence-electron chi connectivity index (χ1n) is 5.50. The Morgan fingerprint density at radius 1 is 1.35 bits per heavy atom. The molecule has 0 radical (unpaired) electrons. The molecule has 0 aromatic heterocycles. The highest BCUT2D eigenvalue weighted by molar-refractivity contribution is 7.88. The summed E-state index contributed by atoms with van der Waals surface area (Å²) in [6, 6.07) is 12.3. The average molecular weight is 247 g/mol. The van der Waals surface area contributed by atoms with E-state index in [0.29, 0.717) is 5.75 Å². The Labute approximate surface area is 103 Å². The van der Waals surface area contributed by atoms with E-state index in [-0.39, 0.29) is 6.10 Å². The Morgan fingerprint density at radius 2 is 2.12 bits per heavy atom. The number of benzene rings is 2. The zero-order chi connectivity index (χ0) is 11.8. The van der Waals surface area contributed by atoms with Crippen LogP contribution in [0.2, 0.25) is 0 Å². The number of rotatable bonds is 3. The summed E-state index contributed by atoms with van der Waals surface area (Å²) in [5, 5.41) is 7.71. The fourth-order valence-corrected chi connectivity index (χ4v) is 2.64. The Kier molecular flexibility index (Phi) is 2.80. The molecule has 1 aliphatic rings. The summed E-state index contributed by atoms with van der Waals surface area (Å²) in [6.45, 7) is 0.777. The lowest BCUT2D eigenvalue weighted by Crippen LogP contribution is -2.14. The summed E-state index contributed by atoms with van der Waals surface area (Å²) in [6.07, 6.45) is 0.200. The summed E-state index contributed by atoms with van der Waals surface area (Å²) in [5.41, 5.74) is 2.19. The van der Waals surface area contributed by atoms with Crippen LogP contribution in [0.4, 0.5) is 0 Å². The van der Waals surface area contributed by atoms with Gasteiger partial charge in [-0.05, 0) is 28.5 Å². The van der Waals surface area contributed by atoms with E-state index in [1.54, 1.807) is 0 Å². The van der Waals surface area contributed by atoms with Crippen LogP contribution in [0.25, 0.3) is 10.8 Å². The highest BCUT2D eigenvalue weighted by Crippen LogP contribution is 2.36. The molecule has 2 aromatic rings. The Bertz CT molecular complexity index is 552. The molecule has 17 heavy (non-hydrogen) atoms. The van der Waals surface area contributed by atoms with Crippen molar-refractivity contribution in [2.75, 3.05) is 6.61 Å². The molecule has 1 heterocycles. The summed E-state index contributed by atoms with van der Waals surface area (Å²) < 4.78 is 16.5. The van der Waals surface area contributed by atoms with Crippen LogP contribution in [0.3, 0.4) is 0 Å². The molecule has 2 N–H and O–H groups in total. The highest BCUT2D eigenvalue weighted by atomic mass is 32.2. The second-order valence-electron chi connectivity index (χ2n) is 4.25. The molecular weight excluding hydrogens is 234 g/mol. The molecule has 0 spiro atoms. The van der Waals surface area contributed by atoms with Crippen molar-refractivity contribution >= 4 is 22.1 Å². The number of ether oxygens (including phenoxy) is 1. The molecule has 0 saturated carbocycles. The van der Waals surface area contributed by atoms with Gasteiger partial charge in [0.1, 0.15) is 11.9 Å². The minimum Gasteiger partial charge on any atom is -0.598 e. The van der Waals surface area contributed by atoms with Crippen LogP contribution >= 0.6 is 0 Å². The number of nitrogens with two attached hydrogens (primary N) is 1. The van der Waals surface area contributed by atoms with Gasteiger partial charge < -0.3 is 9.29 Å². The summed E-state index contributed by atoms with van der Waals surface area (Å²) in [4.78, 5) is 0. The number of epoxide rings is 1. The predicted octanol–water partition coefficient (Wildman–Crippen LogP) is 2.03. The van der Waals surface area contributed by atoms with E-state index in [4.69, 9.17) is 9.88 Å². The second-order valence-corrected chi connectivity index (χ2v) is 5.30. The van der Waals surface area contributed by atoms with Crippen LogP contribution in [-0.4, -0.2) is 11.2 Å². The Hall–Kier alpha value is -1.07. The molecule has 0 amide bonds. The smallest absolute Gasteiger partial charge is 0.150 e. The van der Waals surface area contributed by atoms with Crippen LogP contribution in [0.5, 0.6) is 0 Å². The Morgan fingerprint density at radius 3 is 2.82 bits per heavy atom. The molecule has 3 rings (SSSR count). The second kappa shape index (κ2) is 4.31. The molecule has 88 valence electrons. The van der Waals surface area contributed by atoms with Crippen LogP contribution < -0.4 is 5.14 Å². The van der Waals surface area contributed by atoms with Crippen molar-refractivity contribution in [2.45, 2.75) is 11.9 Å². The maximum absolute atomic E-state index is 11.1. The zero-order valence-electron chi connectivity index (χ0n) is 9.26. The first kappa shape index (κ1) is 11.0.